The van der Waals surface area contributed by atoms with Gasteiger partial charge in [0.25, 0.3) is 0 Å². The van der Waals surface area contributed by atoms with Gasteiger partial charge in [-0.1, -0.05) is 39.7 Å². The van der Waals surface area contributed by atoms with E-state index in [1.807, 2.05) is 20.1 Å². The number of phenolic OH excluding ortho intramolecular Hbond substituents is 1. The van der Waals surface area contributed by atoms with E-state index in [-0.39, 0.29) is 34.0 Å². The second-order valence-electron chi connectivity index (χ2n) is 14.2. The summed E-state index contributed by atoms with van der Waals surface area (Å²) in [6, 6.07) is 4.04. The minimum absolute atomic E-state index is 0.00273. The first-order valence-electron chi connectivity index (χ1n) is 13.8. The monoisotopic (exact) mass is 466 g/mol. The van der Waals surface area contributed by atoms with Crippen molar-refractivity contribution in [3.8, 4) is 11.5 Å². The van der Waals surface area contributed by atoms with Gasteiger partial charge in [-0.15, -0.1) is 0 Å². The highest BCUT2D eigenvalue weighted by atomic mass is 16.6. The number of methoxy groups -OCH3 is 1. The molecule has 8 rings (SSSR count). The van der Waals surface area contributed by atoms with E-state index in [1.165, 1.54) is 36.8 Å². The SMILES string of the molecule is CO[C@]12CCC3(C[C@@H]1C(C)(O)C(C)(C)C)[C@H]1Cc4ccc(O)c5c4C3(CCC1CC1CC1)[C@H]2O5. The zero-order valence-corrected chi connectivity index (χ0v) is 21.6. The van der Waals surface area contributed by atoms with Gasteiger partial charge < -0.3 is 19.7 Å². The van der Waals surface area contributed by atoms with E-state index in [4.69, 9.17) is 9.47 Å². The molecule has 2 N–H and O–H groups in total. The molecule has 4 heteroatoms. The first-order chi connectivity index (χ1) is 16.0. The second-order valence-corrected chi connectivity index (χ2v) is 14.2. The van der Waals surface area contributed by atoms with Gasteiger partial charge in [-0.25, -0.2) is 0 Å². The molecule has 7 aliphatic rings. The van der Waals surface area contributed by atoms with Crippen LogP contribution in [0, 0.1) is 34.5 Å². The van der Waals surface area contributed by atoms with E-state index in [2.05, 4.69) is 26.8 Å². The summed E-state index contributed by atoms with van der Waals surface area (Å²) in [6.45, 7) is 8.54. The molecule has 0 amide bonds. The lowest BCUT2D eigenvalue weighted by Crippen LogP contribution is -2.80. The van der Waals surface area contributed by atoms with Gasteiger partial charge in [-0.05, 0) is 92.1 Å². The Morgan fingerprint density at radius 2 is 1.85 bits per heavy atom. The predicted octanol–water partition coefficient (Wildman–Crippen LogP) is 5.76. The molecular formula is C30H42O4. The van der Waals surface area contributed by atoms with Crippen LogP contribution in [-0.2, 0) is 16.6 Å². The van der Waals surface area contributed by atoms with Crippen molar-refractivity contribution < 1.29 is 19.7 Å². The Hall–Kier alpha value is -1.26. The van der Waals surface area contributed by atoms with E-state index >= 15 is 0 Å². The standard InChI is InChI=1S/C30H42O4/c1-26(2,3)27(4,32)22-16-28-12-13-30(22,33-5)25-29(28)11-10-18(14-17-6-7-17)20(28)15-19-8-9-21(31)24(34-25)23(19)29/h8-9,17-18,20,22,25,31-32H,6-7,10-16H2,1-5H3/t18?,20-,22+,25+,27?,28?,29?,30+/m0/s1. The molecule has 0 saturated heterocycles. The first kappa shape index (κ1) is 22.0. The molecule has 1 aliphatic heterocycles. The summed E-state index contributed by atoms with van der Waals surface area (Å²) in [5.74, 6) is 3.33. The van der Waals surface area contributed by atoms with Gasteiger partial charge in [-0.3, -0.25) is 0 Å². The van der Waals surface area contributed by atoms with Gasteiger partial charge >= 0.3 is 0 Å². The highest BCUT2D eigenvalue weighted by molar-refractivity contribution is 5.63. The fourth-order valence-corrected chi connectivity index (χ4v) is 10.2. The summed E-state index contributed by atoms with van der Waals surface area (Å²) < 4.78 is 13.5. The van der Waals surface area contributed by atoms with Crippen molar-refractivity contribution in [1.82, 2.24) is 0 Å². The van der Waals surface area contributed by atoms with Gasteiger partial charge in [0.05, 0.1) is 5.60 Å². The Kier molecular flexibility index (Phi) is 4.10. The average Bonchev–Trinajstić information content (AvgIpc) is 3.53. The zero-order chi connectivity index (χ0) is 23.9. The fraction of sp³-hybridized carbons (Fsp3) is 0.800. The summed E-state index contributed by atoms with van der Waals surface area (Å²) in [5.41, 5.74) is 1.02. The number of rotatable bonds is 4. The predicted molar refractivity (Wildman–Crippen MR) is 131 cm³/mol. The van der Waals surface area contributed by atoms with Crippen LogP contribution in [0.2, 0.25) is 0 Å². The van der Waals surface area contributed by atoms with Crippen molar-refractivity contribution in [2.24, 2.45) is 34.5 Å². The lowest BCUT2D eigenvalue weighted by Gasteiger charge is -2.75. The average molecular weight is 467 g/mol. The molecule has 6 aliphatic carbocycles. The highest BCUT2D eigenvalue weighted by Gasteiger charge is 2.82. The van der Waals surface area contributed by atoms with Gasteiger partial charge in [0.1, 0.15) is 11.7 Å². The van der Waals surface area contributed by atoms with Crippen LogP contribution in [0.25, 0.3) is 0 Å². The van der Waals surface area contributed by atoms with Crippen LogP contribution in [0.15, 0.2) is 12.1 Å². The lowest BCUT2D eigenvalue weighted by molar-refractivity contribution is -0.314. The number of benzene rings is 1. The summed E-state index contributed by atoms with van der Waals surface area (Å²) in [6.07, 6.45) is 10.6. The van der Waals surface area contributed by atoms with E-state index < -0.39 is 11.2 Å². The van der Waals surface area contributed by atoms with Crippen molar-refractivity contribution in [3.63, 3.8) is 0 Å². The van der Waals surface area contributed by atoms with Crippen molar-refractivity contribution >= 4 is 0 Å². The number of aliphatic hydroxyl groups is 1. The minimum Gasteiger partial charge on any atom is -0.504 e. The molecule has 0 aromatic heterocycles. The Morgan fingerprint density at radius 1 is 1.09 bits per heavy atom. The number of aromatic hydroxyl groups is 1. The highest BCUT2D eigenvalue weighted by Crippen LogP contribution is 2.80. The quantitative estimate of drug-likeness (QED) is 0.593. The van der Waals surface area contributed by atoms with Crippen LogP contribution in [0.4, 0.5) is 0 Å². The van der Waals surface area contributed by atoms with Crippen LogP contribution in [0.3, 0.4) is 0 Å². The van der Waals surface area contributed by atoms with E-state index in [1.54, 1.807) is 0 Å². The third kappa shape index (κ3) is 2.26. The maximum atomic E-state index is 12.2. The molecular weight excluding hydrogens is 424 g/mol. The van der Waals surface area contributed by atoms with Crippen LogP contribution >= 0.6 is 0 Å². The number of fused-ring (bicyclic) bond motifs is 2. The molecule has 4 bridgehead atoms. The van der Waals surface area contributed by atoms with Gasteiger partial charge in [-0.2, -0.15) is 0 Å². The third-order valence-electron chi connectivity index (χ3n) is 12.3. The second kappa shape index (κ2) is 6.35. The maximum Gasteiger partial charge on any atom is 0.165 e. The van der Waals surface area contributed by atoms with Gasteiger partial charge in [0, 0.05) is 24.0 Å². The number of ether oxygens (including phenoxy) is 2. The minimum atomic E-state index is -0.890. The Balaban J connectivity index is 1.47. The topological polar surface area (TPSA) is 58.9 Å². The molecule has 1 heterocycles. The molecule has 1 aromatic rings. The Labute approximate surface area is 204 Å². The van der Waals surface area contributed by atoms with Crippen LogP contribution in [0.5, 0.6) is 11.5 Å². The molecule has 5 saturated carbocycles. The van der Waals surface area contributed by atoms with Crippen LogP contribution in [-0.4, -0.2) is 34.6 Å². The molecule has 4 nitrogen and oxygen atoms in total. The maximum absolute atomic E-state index is 12.2. The van der Waals surface area contributed by atoms with E-state index in [0.717, 1.165) is 49.7 Å². The molecule has 34 heavy (non-hydrogen) atoms. The normalized spacial score (nSPS) is 45.5. The molecule has 5 fully saturated rings. The Bertz CT molecular complexity index is 1050. The largest absolute Gasteiger partial charge is 0.504 e. The molecule has 4 unspecified atom stereocenters. The fourth-order valence-electron chi connectivity index (χ4n) is 10.2. The summed E-state index contributed by atoms with van der Waals surface area (Å²) in [7, 11) is 1.84. The van der Waals surface area contributed by atoms with Crippen molar-refractivity contribution in [2.75, 3.05) is 7.11 Å². The first-order valence-corrected chi connectivity index (χ1v) is 13.8. The number of hydrogen-bond acceptors (Lipinski definition) is 4. The lowest BCUT2D eigenvalue weighted by atomic mass is 9.30. The number of phenols is 1. The molecule has 8 atom stereocenters. The van der Waals surface area contributed by atoms with Crippen molar-refractivity contribution in [2.45, 2.75) is 108 Å². The zero-order valence-electron chi connectivity index (χ0n) is 21.6. The van der Waals surface area contributed by atoms with E-state index in [9.17, 15) is 10.2 Å². The van der Waals surface area contributed by atoms with Gasteiger partial charge in [0.15, 0.2) is 11.5 Å². The van der Waals surface area contributed by atoms with Crippen LogP contribution in [0.1, 0.15) is 90.2 Å². The molecule has 0 radical (unpaired) electrons. The smallest absolute Gasteiger partial charge is 0.165 e. The molecule has 1 aromatic carbocycles. The number of hydrogen-bond donors (Lipinski definition) is 2. The van der Waals surface area contributed by atoms with Crippen molar-refractivity contribution in [3.05, 3.63) is 23.3 Å². The van der Waals surface area contributed by atoms with Gasteiger partial charge in [0.2, 0.25) is 0 Å². The Morgan fingerprint density at radius 3 is 2.53 bits per heavy atom. The summed E-state index contributed by atoms with van der Waals surface area (Å²) in [4.78, 5) is 0. The third-order valence-corrected chi connectivity index (χ3v) is 12.3. The summed E-state index contributed by atoms with van der Waals surface area (Å²) in [5, 5.41) is 23.2. The summed E-state index contributed by atoms with van der Waals surface area (Å²) >= 11 is 0. The van der Waals surface area contributed by atoms with E-state index in [0.29, 0.717) is 5.92 Å². The molecule has 186 valence electrons. The molecule has 2 spiro atoms. The van der Waals surface area contributed by atoms with Crippen molar-refractivity contribution in [1.29, 1.82) is 0 Å². The van der Waals surface area contributed by atoms with Crippen LogP contribution < -0.4 is 4.74 Å².